The summed E-state index contributed by atoms with van der Waals surface area (Å²) in [6.45, 7) is 1.00. The Labute approximate surface area is 197 Å². The molecule has 0 amide bonds. The summed E-state index contributed by atoms with van der Waals surface area (Å²) in [5, 5.41) is 4.21. The van der Waals surface area contributed by atoms with E-state index in [9.17, 15) is 21.6 Å². The van der Waals surface area contributed by atoms with Crippen LogP contribution in [0.25, 0.3) is 0 Å². The van der Waals surface area contributed by atoms with Crippen molar-refractivity contribution >= 4 is 33.8 Å². The van der Waals surface area contributed by atoms with Gasteiger partial charge in [0.05, 0.1) is 24.5 Å². The highest BCUT2D eigenvalue weighted by Crippen LogP contribution is 2.30. The molecule has 0 saturated heterocycles. The number of fused-ring (bicyclic) bond motifs is 1. The van der Waals surface area contributed by atoms with Gasteiger partial charge in [-0.05, 0) is 66.8 Å². The number of hydrogen-bond donors (Lipinski definition) is 1. The highest BCUT2D eigenvalue weighted by Gasteiger charge is 2.29. The second kappa shape index (κ2) is 11.6. The first-order valence-corrected chi connectivity index (χ1v) is 12.3. The molecule has 1 N–H and O–H groups in total. The Bertz CT molecular complexity index is 983. The zero-order valence-corrected chi connectivity index (χ0v) is 19.7. The highest BCUT2D eigenvalue weighted by atomic mass is 35.5. The predicted molar refractivity (Wildman–Crippen MR) is 123 cm³/mol. The highest BCUT2D eigenvalue weighted by molar-refractivity contribution is 7.91. The monoisotopic (exact) mass is 511 g/mol. The normalized spacial score (nSPS) is 16.2. The van der Waals surface area contributed by atoms with E-state index in [2.05, 4.69) is 5.32 Å². The van der Waals surface area contributed by atoms with Crippen LogP contribution in [-0.4, -0.2) is 39.3 Å². The van der Waals surface area contributed by atoms with Crippen molar-refractivity contribution in [1.29, 1.82) is 0 Å². The molecule has 0 saturated carbocycles. The lowest BCUT2D eigenvalue weighted by molar-refractivity contribution is -0.129. The smallest absolute Gasteiger partial charge is 0.390 e. The quantitative estimate of drug-likeness (QED) is 0.462. The van der Waals surface area contributed by atoms with Gasteiger partial charge < -0.3 is 10.1 Å². The fraction of sp³-hybridized carbons (Fsp3) is 0.455. The number of rotatable bonds is 9. The van der Waals surface area contributed by atoms with Gasteiger partial charge in [-0.1, -0.05) is 29.8 Å². The van der Waals surface area contributed by atoms with Crippen LogP contribution in [0.4, 0.5) is 13.2 Å². The maximum Gasteiger partial charge on any atom is 0.390 e. The molecule has 0 spiro atoms. The molecule has 1 heterocycles. The van der Waals surface area contributed by atoms with Crippen molar-refractivity contribution in [3.05, 3.63) is 64.2 Å². The van der Waals surface area contributed by atoms with Gasteiger partial charge >= 0.3 is 6.18 Å². The van der Waals surface area contributed by atoms with Gasteiger partial charge in [-0.2, -0.15) is 13.2 Å². The minimum Gasteiger partial charge on any atom is -0.494 e. The molecule has 0 bridgehead atoms. The van der Waals surface area contributed by atoms with Crippen LogP contribution in [0.15, 0.2) is 42.5 Å². The van der Waals surface area contributed by atoms with E-state index >= 15 is 0 Å². The average Bonchev–Trinajstić information content (AvgIpc) is 2.71. The molecule has 2 aromatic rings. The number of alkyl halides is 3. The molecule has 1 unspecified atom stereocenters. The Balaban J connectivity index is 0.00000363. The lowest BCUT2D eigenvalue weighted by Gasteiger charge is -2.27. The standard InChI is InChI=1S/C22H25ClF3NO3S.ClH/c23-18-5-2-16(3-6-18)14-21-20-15-19(7-4-17(20)8-10-27-21)30-11-1-12-31(28,29)13-9-22(24,25)26;/h2-7,15,21,27H,1,8-14H2;1H. The molecule has 3 rings (SSSR count). The zero-order chi connectivity index (χ0) is 22.5. The third-order valence-electron chi connectivity index (χ3n) is 5.20. The Morgan fingerprint density at radius 2 is 1.81 bits per heavy atom. The first-order valence-electron chi connectivity index (χ1n) is 10.1. The molecular formula is C22H26Cl2F3NO3S. The predicted octanol–water partition coefficient (Wildman–Crippen LogP) is 5.33. The van der Waals surface area contributed by atoms with Crippen molar-refractivity contribution in [1.82, 2.24) is 5.32 Å². The van der Waals surface area contributed by atoms with Crippen molar-refractivity contribution < 1.29 is 26.3 Å². The Morgan fingerprint density at radius 1 is 1.09 bits per heavy atom. The van der Waals surface area contributed by atoms with Crippen LogP contribution in [0.5, 0.6) is 5.75 Å². The van der Waals surface area contributed by atoms with Gasteiger partial charge in [0.2, 0.25) is 0 Å². The van der Waals surface area contributed by atoms with Crippen LogP contribution in [0.1, 0.15) is 35.6 Å². The maximum atomic E-state index is 12.2. The summed E-state index contributed by atoms with van der Waals surface area (Å²) >= 11 is 5.96. The van der Waals surface area contributed by atoms with E-state index in [1.165, 1.54) is 5.56 Å². The molecule has 178 valence electrons. The molecular weight excluding hydrogens is 486 g/mol. The van der Waals surface area contributed by atoms with E-state index in [0.717, 1.165) is 30.5 Å². The van der Waals surface area contributed by atoms with Crippen molar-refractivity contribution in [2.75, 3.05) is 24.7 Å². The fourth-order valence-corrected chi connectivity index (χ4v) is 5.02. The average molecular weight is 512 g/mol. The molecule has 0 aromatic heterocycles. The molecule has 1 atom stereocenters. The third-order valence-corrected chi connectivity index (χ3v) is 7.18. The molecule has 4 nitrogen and oxygen atoms in total. The summed E-state index contributed by atoms with van der Waals surface area (Å²) in [4.78, 5) is 0. The van der Waals surface area contributed by atoms with Crippen LogP contribution >= 0.6 is 24.0 Å². The summed E-state index contributed by atoms with van der Waals surface area (Å²) in [6.07, 6.45) is -3.94. The molecule has 1 aliphatic heterocycles. The van der Waals surface area contributed by atoms with Crippen molar-refractivity contribution in [2.45, 2.75) is 37.9 Å². The van der Waals surface area contributed by atoms with Crippen molar-refractivity contribution in [3.8, 4) is 5.75 Å². The largest absolute Gasteiger partial charge is 0.494 e. The van der Waals surface area contributed by atoms with Gasteiger partial charge in [-0.3, -0.25) is 0 Å². The first-order chi connectivity index (χ1) is 14.6. The third kappa shape index (κ3) is 8.46. The van der Waals surface area contributed by atoms with Crippen LogP contribution in [0, 0.1) is 0 Å². The molecule has 10 heteroatoms. The van der Waals surface area contributed by atoms with Crippen molar-refractivity contribution in [3.63, 3.8) is 0 Å². The van der Waals surface area contributed by atoms with Gasteiger partial charge in [0.1, 0.15) is 5.75 Å². The summed E-state index contributed by atoms with van der Waals surface area (Å²) in [6, 6.07) is 13.7. The molecule has 0 fully saturated rings. The van der Waals surface area contributed by atoms with Gasteiger partial charge in [0, 0.05) is 11.1 Å². The fourth-order valence-electron chi connectivity index (χ4n) is 3.59. The molecule has 1 aliphatic rings. The number of benzene rings is 2. The minimum absolute atomic E-state index is 0. The SMILES string of the molecule is Cl.O=S(=O)(CCCOc1ccc2c(c1)C(Cc1ccc(Cl)cc1)NCC2)CCC(F)(F)F. The Morgan fingerprint density at radius 3 is 2.50 bits per heavy atom. The lowest BCUT2D eigenvalue weighted by Crippen LogP contribution is -2.31. The second-order valence-corrected chi connectivity index (χ2v) is 10.4. The number of halogens is 5. The van der Waals surface area contributed by atoms with Crippen LogP contribution in [0.2, 0.25) is 5.02 Å². The van der Waals surface area contributed by atoms with Crippen molar-refractivity contribution in [2.24, 2.45) is 0 Å². The number of sulfone groups is 1. The van der Waals surface area contributed by atoms with Gasteiger partial charge in [-0.25, -0.2) is 8.42 Å². The summed E-state index contributed by atoms with van der Waals surface area (Å²) < 4.78 is 65.8. The van der Waals surface area contributed by atoms with Crippen LogP contribution < -0.4 is 10.1 Å². The maximum absolute atomic E-state index is 12.2. The van der Waals surface area contributed by atoms with E-state index in [1.807, 2.05) is 42.5 Å². The van der Waals surface area contributed by atoms with E-state index in [-0.39, 0.29) is 37.2 Å². The topological polar surface area (TPSA) is 55.4 Å². The summed E-state index contributed by atoms with van der Waals surface area (Å²) in [5.74, 6) is -0.585. The van der Waals surface area contributed by atoms with E-state index in [4.69, 9.17) is 16.3 Å². The number of hydrogen-bond acceptors (Lipinski definition) is 4. The second-order valence-electron chi connectivity index (χ2n) is 7.67. The Hall–Kier alpha value is -1.48. The van der Waals surface area contributed by atoms with Gasteiger partial charge in [0.25, 0.3) is 0 Å². The van der Waals surface area contributed by atoms with E-state index in [1.54, 1.807) is 0 Å². The summed E-state index contributed by atoms with van der Waals surface area (Å²) in [5.41, 5.74) is 3.53. The molecule has 32 heavy (non-hydrogen) atoms. The lowest BCUT2D eigenvalue weighted by atomic mass is 9.90. The minimum atomic E-state index is -4.47. The van der Waals surface area contributed by atoms with E-state index < -0.39 is 28.2 Å². The molecule has 0 radical (unpaired) electrons. The van der Waals surface area contributed by atoms with Gasteiger partial charge in [0.15, 0.2) is 9.84 Å². The molecule has 2 aromatic carbocycles. The Kier molecular flexibility index (Phi) is 9.69. The van der Waals surface area contributed by atoms with Crippen LogP contribution in [0.3, 0.4) is 0 Å². The van der Waals surface area contributed by atoms with E-state index in [0.29, 0.717) is 10.8 Å². The summed E-state index contributed by atoms with van der Waals surface area (Å²) in [7, 11) is -3.75. The van der Waals surface area contributed by atoms with Crippen LogP contribution in [-0.2, 0) is 22.7 Å². The zero-order valence-electron chi connectivity index (χ0n) is 17.3. The van der Waals surface area contributed by atoms with Gasteiger partial charge in [-0.15, -0.1) is 12.4 Å². The number of nitrogens with one attached hydrogen (secondary N) is 1. The first kappa shape index (κ1) is 26.8. The molecule has 0 aliphatic carbocycles. The number of ether oxygens (including phenoxy) is 1.